The molecule has 3 atom stereocenters. The van der Waals surface area contributed by atoms with Crippen LogP contribution in [0.1, 0.15) is 19.3 Å². The first kappa shape index (κ1) is 10.4. The van der Waals surface area contributed by atoms with E-state index >= 15 is 0 Å². The summed E-state index contributed by atoms with van der Waals surface area (Å²) >= 11 is 0. The maximum absolute atomic E-state index is 11.5. The van der Waals surface area contributed by atoms with E-state index < -0.39 is 8.32 Å². The van der Waals surface area contributed by atoms with Gasteiger partial charge in [-0.2, -0.15) is 0 Å². The topological polar surface area (TPSA) is 26.3 Å². The molecule has 2 bridgehead atoms. The molecule has 2 nitrogen and oxygen atoms in total. The second-order valence-corrected chi connectivity index (χ2v) is 10.3. The summed E-state index contributed by atoms with van der Waals surface area (Å²) in [5.41, 5.74) is 0. The second kappa shape index (κ2) is 3.45. The summed E-state index contributed by atoms with van der Waals surface area (Å²) in [6.45, 7) is 7.47. The molecule has 0 radical (unpaired) electrons. The van der Waals surface area contributed by atoms with Gasteiger partial charge in [-0.15, -0.1) is 0 Å². The largest absolute Gasteiger partial charge is 0.417 e. The van der Waals surface area contributed by atoms with Crippen LogP contribution < -0.4 is 0 Å². The Bertz CT molecular complexity index is 244. The van der Waals surface area contributed by atoms with E-state index in [0.717, 1.165) is 19.4 Å². The Morgan fingerprint density at radius 3 is 2.57 bits per heavy atom. The van der Waals surface area contributed by atoms with Gasteiger partial charge in [0.2, 0.25) is 0 Å². The summed E-state index contributed by atoms with van der Waals surface area (Å²) < 4.78 is 5.90. The van der Waals surface area contributed by atoms with Crippen LogP contribution in [0.2, 0.25) is 19.6 Å². The van der Waals surface area contributed by atoms with Gasteiger partial charge >= 0.3 is 0 Å². The van der Waals surface area contributed by atoms with E-state index in [2.05, 4.69) is 19.6 Å². The monoisotopic (exact) mass is 212 g/mol. The van der Waals surface area contributed by atoms with Gasteiger partial charge in [-0.25, -0.2) is 0 Å². The van der Waals surface area contributed by atoms with Gasteiger partial charge in [-0.3, -0.25) is 4.79 Å². The van der Waals surface area contributed by atoms with Crippen molar-refractivity contribution in [3.05, 3.63) is 0 Å². The molecule has 0 amide bonds. The van der Waals surface area contributed by atoms with Crippen LogP contribution >= 0.6 is 0 Å². The van der Waals surface area contributed by atoms with Gasteiger partial charge in [0, 0.05) is 18.9 Å². The van der Waals surface area contributed by atoms with Gasteiger partial charge in [0.15, 0.2) is 8.32 Å². The van der Waals surface area contributed by atoms with Crippen LogP contribution in [-0.2, 0) is 9.22 Å². The number of Topliss-reactive ketones (excluding diaryl/α,β-unsaturated/α-hetero) is 1. The summed E-state index contributed by atoms with van der Waals surface area (Å²) in [6, 6.07) is 0. The van der Waals surface area contributed by atoms with Gasteiger partial charge in [0.1, 0.15) is 5.78 Å². The molecule has 0 heterocycles. The van der Waals surface area contributed by atoms with Crippen molar-refractivity contribution in [3.63, 3.8) is 0 Å². The van der Waals surface area contributed by atoms with Crippen LogP contribution in [0.15, 0.2) is 0 Å². The van der Waals surface area contributed by atoms with Gasteiger partial charge in [-0.05, 0) is 44.3 Å². The molecule has 2 saturated carbocycles. The standard InChI is InChI=1S/C11H20O2Si/c1-14(2,3)13-7-9-4-8-5-10(9)11(12)6-8/h8-10H,4-7H2,1-3H3/t8-,9-,10-/m1/s1. The Kier molecular flexibility index (Phi) is 2.56. The minimum absolute atomic E-state index is 0.358. The highest BCUT2D eigenvalue weighted by atomic mass is 28.4. The molecule has 0 spiro atoms. The third-order valence-electron chi connectivity index (χ3n) is 3.43. The first-order valence-corrected chi connectivity index (χ1v) is 9.03. The lowest BCUT2D eigenvalue weighted by molar-refractivity contribution is -0.123. The van der Waals surface area contributed by atoms with Crippen molar-refractivity contribution in [3.8, 4) is 0 Å². The number of hydrogen-bond donors (Lipinski definition) is 0. The summed E-state index contributed by atoms with van der Waals surface area (Å²) in [6.07, 6.45) is 3.24. The van der Waals surface area contributed by atoms with E-state index in [1.54, 1.807) is 0 Å². The van der Waals surface area contributed by atoms with Crippen molar-refractivity contribution in [1.29, 1.82) is 0 Å². The van der Waals surface area contributed by atoms with Crippen LogP contribution in [0, 0.1) is 17.8 Å². The average molecular weight is 212 g/mol. The molecule has 0 N–H and O–H groups in total. The van der Waals surface area contributed by atoms with Crippen molar-refractivity contribution < 1.29 is 9.22 Å². The Morgan fingerprint density at radius 2 is 2.07 bits per heavy atom. The Hall–Kier alpha value is -0.153. The molecule has 80 valence electrons. The molecule has 2 fully saturated rings. The van der Waals surface area contributed by atoms with Gasteiger partial charge in [0.05, 0.1) is 0 Å². The van der Waals surface area contributed by atoms with Crippen LogP contribution in [0.25, 0.3) is 0 Å². The van der Waals surface area contributed by atoms with Crippen molar-refractivity contribution in [2.24, 2.45) is 17.8 Å². The van der Waals surface area contributed by atoms with E-state index in [0.29, 0.717) is 23.5 Å². The predicted molar refractivity (Wildman–Crippen MR) is 58.6 cm³/mol. The highest BCUT2D eigenvalue weighted by molar-refractivity contribution is 6.69. The van der Waals surface area contributed by atoms with Crippen molar-refractivity contribution in [2.45, 2.75) is 38.9 Å². The van der Waals surface area contributed by atoms with E-state index in [4.69, 9.17) is 4.43 Å². The van der Waals surface area contributed by atoms with E-state index in [9.17, 15) is 4.79 Å². The average Bonchev–Trinajstić information content (AvgIpc) is 2.56. The maximum atomic E-state index is 11.5. The lowest BCUT2D eigenvalue weighted by Gasteiger charge is -2.25. The van der Waals surface area contributed by atoms with Crippen LogP contribution in [0.3, 0.4) is 0 Å². The minimum Gasteiger partial charge on any atom is -0.417 e. The molecule has 0 aromatic rings. The predicted octanol–water partition coefficient (Wildman–Crippen LogP) is 2.45. The number of hydrogen-bond acceptors (Lipinski definition) is 2. The lowest BCUT2D eigenvalue weighted by atomic mass is 9.89. The van der Waals surface area contributed by atoms with Crippen molar-refractivity contribution >= 4 is 14.1 Å². The van der Waals surface area contributed by atoms with Gasteiger partial charge < -0.3 is 4.43 Å². The molecular weight excluding hydrogens is 192 g/mol. The summed E-state index contributed by atoms with van der Waals surface area (Å²) in [4.78, 5) is 11.5. The minimum atomic E-state index is -1.39. The van der Waals surface area contributed by atoms with E-state index in [-0.39, 0.29) is 0 Å². The Morgan fingerprint density at radius 1 is 1.36 bits per heavy atom. The summed E-state index contributed by atoms with van der Waals surface area (Å²) in [7, 11) is -1.39. The molecule has 0 saturated heterocycles. The molecular formula is C11H20O2Si. The molecule has 0 aromatic carbocycles. The molecule has 3 heteroatoms. The van der Waals surface area contributed by atoms with Gasteiger partial charge in [-0.1, -0.05) is 0 Å². The highest BCUT2D eigenvalue weighted by Crippen LogP contribution is 2.46. The summed E-state index contributed by atoms with van der Waals surface area (Å²) in [5.74, 6) is 2.11. The molecule has 2 aliphatic carbocycles. The molecule has 0 aliphatic heterocycles. The van der Waals surface area contributed by atoms with E-state index in [1.807, 2.05) is 0 Å². The Balaban J connectivity index is 1.86. The molecule has 14 heavy (non-hydrogen) atoms. The van der Waals surface area contributed by atoms with Gasteiger partial charge in [0.25, 0.3) is 0 Å². The molecule has 0 unspecified atom stereocenters. The fraction of sp³-hybridized carbons (Fsp3) is 0.909. The van der Waals surface area contributed by atoms with E-state index in [1.165, 1.54) is 6.42 Å². The molecule has 2 aliphatic rings. The van der Waals surface area contributed by atoms with Crippen LogP contribution in [0.4, 0.5) is 0 Å². The summed E-state index contributed by atoms with van der Waals surface area (Å²) in [5, 5.41) is 0. The van der Waals surface area contributed by atoms with Crippen molar-refractivity contribution in [1.82, 2.24) is 0 Å². The first-order chi connectivity index (χ1) is 6.46. The molecule has 2 rings (SSSR count). The molecule has 0 aromatic heterocycles. The fourth-order valence-corrected chi connectivity index (χ4v) is 3.49. The smallest absolute Gasteiger partial charge is 0.183 e. The number of fused-ring (bicyclic) bond motifs is 2. The first-order valence-electron chi connectivity index (χ1n) is 5.62. The van der Waals surface area contributed by atoms with Crippen LogP contribution in [0.5, 0.6) is 0 Å². The normalized spacial score (nSPS) is 36.8. The fourth-order valence-electron chi connectivity index (χ4n) is 2.78. The number of carbonyl (C=O) groups is 1. The second-order valence-electron chi connectivity index (χ2n) is 5.80. The highest BCUT2D eigenvalue weighted by Gasteiger charge is 2.45. The lowest BCUT2D eigenvalue weighted by Crippen LogP contribution is -2.32. The number of rotatable bonds is 3. The van der Waals surface area contributed by atoms with Crippen molar-refractivity contribution in [2.75, 3.05) is 6.61 Å². The third-order valence-corrected chi connectivity index (χ3v) is 4.46. The van der Waals surface area contributed by atoms with Crippen LogP contribution in [-0.4, -0.2) is 20.7 Å². The zero-order valence-electron chi connectivity index (χ0n) is 9.38. The quantitative estimate of drug-likeness (QED) is 0.672. The number of carbonyl (C=O) groups excluding carboxylic acids is 1. The maximum Gasteiger partial charge on any atom is 0.183 e. The SMILES string of the molecule is C[Si](C)(C)OC[C@H]1C[C@H]2CC(=O)[C@@H]1C2. The Labute approximate surface area is 87.2 Å². The zero-order valence-corrected chi connectivity index (χ0v) is 10.4. The number of ketones is 1. The third kappa shape index (κ3) is 2.09. The zero-order chi connectivity index (χ0) is 10.3.